The lowest BCUT2D eigenvalue weighted by Crippen LogP contribution is -2.51. The quantitative estimate of drug-likeness (QED) is 0.690. The van der Waals surface area contributed by atoms with E-state index in [1.165, 1.54) is 0 Å². The number of nitrogens with one attached hydrogen (secondary N) is 1. The van der Waals surface area contributed by atoms with Crippen LogP contribution in [0.25, 0.3) is 0 Å². The van der Waals surface area contributed by atoms with Crippen LogP contribution in [0.3, 0.4) is 0 Å². The molecular formula is C10H21NO2. The number of ether oxygens (including phenoxy) is 1. The summed E-state index contributed by atoms with van der Waals surface area (Å²) in [6.07, 6.45) is 2.98. The molecule has 1 heterocycles. The molecule has 1 fully saturated rings. The first kappa shape index (κ1) is 11.0. The molecule has 0 aromatic heterocycles. The van der Waals surface area contributed by atoms with Gasteiger partial charge in [0.25, 0.3) is 0 Å². The molecule has 0 spiro atoms. The third-order valence-electron chi connectivity index (χ3n) is 2.57. The Morgan fingerprint density at radius 2 is 2.15 bits per heavy atom. The molecule has 0 aromatic rings. The van der Waals surface area contributed by atoms with Crippen LogP contribution < -0.4 is 5.32 Å². The molecule has 1 saturated heterocycles. The molecule has 0 amide bonds. The molecule has 1 aliphatic rings. The summed E-state index contributed by atoms with van der Waals surface area (Å²) in [6, 6.07) is 0.422. The van der Waals surface area contributed by atoms with E-state index in [4.69, 9.17) is 4.74 Å². The summed E-state index contributed by atoms with van der Waals surface area (Å²) in [6.45, 7) is 6.04. The molecule has 1 unspecified atom stereocenters. The minimum absolute atomic E-state index is 0.0926. The Kier molecular flexibility index (Phi) is 4.16. The van der Waals surface area contributed by atoms with Crippen LogP contribution >= 0.6 is 0 Å². The summed E-state index contributed by atoms with van der Waals surface area (Å²) in [5.41, 5.74) is -0.0926. The van der Waals surface area contributed by atoms with Crippen LogP contribution in [0.4, 0.5) is 0 Å². The maximum atomic E-state index is 9.40. The van der Waals surface area contributed by atoms with Crippen molar-refractivity contribution in [2.24, 2.45) is 0 Å². The normalized spacial score (nSPS) is 30.5. The van der Waals surface area contributed by atoms with Gasteiger partial charge in [-0.1, -0.05) is 13.8 Å². The predicted octanol–water partition coefficient (Wildman–Crippen LogP) is 0.916. The first-order chi connectivity index (χ1) is 6.18. The fraction of sp³-hybridized carbons (Fsp3) is 1.00. The van der Waals surface area contributed by atoms with Crippen molar-refractivity contribution in [1.82, 2.24) is 5.32 Å². The smallest absolute Gasteiger partial charge is 0.0614 e. The topological polar surface area (TPSA) is 41.5 Å². The first-order valence-corrected chi connectivity index (χ1v) is 5.15. The Labute approximate surface area is 80.5 Å². The average Bonchev–Trinajstić information content (AvgIpc) is 2.30. The van der Waals surface area contributed by atoms with Crippen LogP contribution in [0, 0.1) is 0 Å². The molecule has 0 saturated carbocycles. The Morgan fingerprint density at radius 1 is 1.38 bits per heavy atom. The molecule has 1 rings (SSSR count). The molecule has 3 nitrogen and oxygen atoms in total. The molecule has 0 radical (unpaired) electrons. The van der Waals surface area contributed by atoms with Crippen molar-refractivity contribution in [2.45, 2.75) is 44.7 Å². The lowest BCUT2D eigenvalue weighted by atomic mass is 9.91. The second-order valence-corrected chi connectivity index (χ2v) is 4.20. The fourth-order valence-corrected chi connectivity index (χ4v) is 1.97. The SMILES string of the molecule is CC(C)NC1(CO)CCCOCC1. The van der Waals surface area contributed by atoms with Crippen LogP contribution in [-0.2, 0) is 4.74 Å². The zero-order valence-corrected chi connectivity index (χ0v) is 8.68. The largest absolute Gasteiger partial charge is 0.394 e. The molecule has 13 heavy (non-hydrogen) atoms. The van der Waals surface area contributed by atoms with Gasteiger partial charge in [0.2, 0.25) is 0 Å². The van der Waals surface area contributed by atoms with Crippen LogP contribution in [0.1, 0.15) is 33.1 Å². The standard InChI is InChI=1S/C10H21NO2/c1-9(2)11-10(8-12)4-3-6-13-7-5-10/h9,11-12H,3-8H2,1-2H3. The van der Waals surface area contributed by atoms with Crippen LogP contribution in [-0.4, -0.2) is 36.5 Å². The van der Waals surface area contributed by atoms with Gasteiger partial charge in [0, 0.05) is 24.8 Å². The van der Waals surface area contributed by atoms with Crippen LogP contribution in [0.2, 0.25) is 0 Å². The highest BCUT2D eigenvalue weighted by molar-refractivity contribution is 4.89. The van der Waals surface area contributed by atoms with Gasteiger partial charge in [-0.05, 0) is 19.3 Å². The van der Waals surface area contributed by atoms with Gasteiger partial charge in [0.05, 0.1) is 6.61 Å². The predicted molar refractivity (Wildman–Crippen MR) is 52.8 cm³/mol. The molecule has 0 aromatic carbocycles. The van der Waals surface area contributed by atoms with Crippen molar-refractivity contribution in [2.75, 3.05) is 19.8 Å². The molecule has 78 valence electrons. The minimum Gasteiger partial charge on any atom is -0.394 e. The zero-order valence-electron chi connectivity index (χ0n) is 8.68. The zero-order chi connectivity index (χ0) is 9.73. The highest BCUT2D eigenvalue weighted by Gasteiger charge is 2.30. The Bertz CT molecular complexity index is 140. The summed E-state index contributed by atoms with van der Waals surface area (Å²) in [4.78, 5) is 0. The maximum Gasteiger partial charge on any atom is 0.0614 e. The van der Waals surface area contributed by atoms with Crippen molar-refractivity contribution in [3.63, 3.8) is 0 Å². The summed E-state index contributed by atoms with van der Waals surface area (Å²) in [7, 11) is 0. The van der Waals surface area contributed by atoms with E-state index in [2.05, 4.69) is 19.2 Å². The van der Waals surface area contributed by atoms with E-state index in [9.17, 15) is 5.11 Å². The number of hydrogen-bond donors (Lipinski definition) is 2. The molecule has 3 heteroatoms. The van der Waals surface area contributed by atoms with E-state index < -0.39 is 0 Å². The number of aliphatic hydroxyl groups excluding tert-OH is 1. The number of rotatable bonds is 3. The Hall–Kier alpha value is -0.120. The van der Waals surface area contributed by atoms with Crippen molar-refractivity contribution in [3.05, 3.63) is 0 Å². The summed E-state index contributed by atoms with van der Waals surface area (Å²) in [5, 5.41) is 12.9. The van der Waals surface area contributed by atoms with Gasteiger partial charge in [-0.2, -0.15) is 0 Å². The third-order valence-corrected chi connectivity index (χ3v) is 2.57. The van der Waals surface area contributed by atoms with Gasteiger partial charge in [-0.25, -0.2) is 0 Å². The Morgan fingerprint density at radius 3 is 2.77 bits per heavy atom. The Balaban J connectivity index is 2.53. The van der Waals surface area contributed by atoms with E-state index in [0.717, 1.165) is 32.5 Å². The third kappa shape index (κ3) is 3.25. The summed E-state index contributed by atoms with van der Waals surface area (Å²) < 4.78 is 5.38. The molecule has 1 atom stereocenters. The van der Waals surface area contributed by atoms with Crippen LogP contribution in [0.5, 0.6) is 0 Å². The van der Waals surface area contributed by atoms with Crippen LogP contribution in [0.15, 0.2) is 0 Å². The molecule has 0 bridgehead atoms. The van der Waals surface area contributed by atoms with Gasteiger partial charge >= 0.3 is 0 Å². The lowest BCUT2D eigenvalue weighted by Gasteiger charge is -2.33. The van der Waals surface area contributed by atoms with E-state index in [0.29, 0.717) is 6.04 Å². The first-order valence-electron chi connectivity index (χ1n) is 5.15. The highest BCUT2D eigenvalue weighted by atomic mass is 16.5. The van der Waals surface area contributed by atoms with Gasteiger partial charge in [0.15, 0.2) is 0 Å². The van der Waals surface area contributed by atoms with Gasteiger partial charge in [-0.3, -0.25) is 0 Å². The highest BCUT2D eigenvalue weighted by Crippen LogP contribution is 2.21. The van der Waals surface area contributed by atoms with E-state index >= 15 is 0 Å². The van der Waals surface area contributed by atoms with Crippen molar-refractivity contribution in [3.8, 4) is 0 Å². The second kappa shape index (κ2) is 4.94. The second-order valence-electron chi connectivity index (χ2n) is 4.20. The molecular weight excluding hydrogens is 166 g/mol. The summed E-state index contributed by atoms with van der Waals surface area (Å²) >= 11 is 0. The van der Waals surface area contributed by atoms with Crippen molar-refractivity contribution < 1.29 is 9.84 Å². The average molecular weight is 187 g/mol. The van der Waals surface area contributed by atoms with E-state index in [1.807, 2.05) is 0 Å². The molecule has 2 N–H and O–H groups in total. The lowest BCUT2D eigenvalue weighted by molar-refractivity contribution is 0.110. The number of hydrogen-bond acceptors (Lipinski definition) is 3. The fourth-order valence-electron chi connectivity index (χ4n) is 1.97. The van der Waals surface area contributed by atoms with Crippen molar-refractivity contribution in [1.29, 1.82) is 0 Å². The summed E-state index contributed by atoms with van der Waals surface area (Å²) in [5.74, 6) is 0. The molecule has 1 aliphatic heterocycles. The monoisotopic (exact) mass is 187 g/mol. The minimum atomic E-state index is -0.0926. The number of aliphatic hydroxyl groups is 1. The van der Waals surface area contributed by atoms with E-state index in [1.54, 1.807) is 0 Å². The van der Waals surface area contributed by atoms with Gasteiger partial charge in [-0.15, -0.1) is 0 Å². The van der Waals surface area contributed by atoms with Crippen molar-refractivity contribution >= 4 is 0 Å². The van der Waals surface area contributed by atoms with E-state index in [-0.39, 0.29) is 12.1 Å². The molecule has 0 aliphatic carbocycles. The van der Waals surface area contributed by atoms with Gasteiger partial charge < -0.3 is 15.2 Å². The maximum absolute atomic E-state index is 9.40. The van der Waals surface area contributed by atoms with Gasteiger partial charge in [0.1, 0.15) is 0 Å².